The topological polar surface area (TPSA) is 73.5 Å². The summed E-state index contributed by atoms with van der Waals surface area (Å²) in [5.41, 5.74) is 8.02. The van der Waals surface area contributed by atoms with Gasteiger partial charge in [0.15, 0.2) is 5.96 Å². The lowest BCUT2D eigenvalue weighted by atomic mass is 10.2. The molecule has 0 radical (unpaired) electrons. The fourth-order valence-corrected chi connectivity index (χ4v) is 2.48. The van der Waals surface area contributed by atoms with Crippen molar-refractivity contribution in [2.45, 2.75) is 6.54 Å². The molecule has 1 aromatic heterocycles. The Labute approximate surface area is 151 Å². The molecule has 2 heterocycles. The Balaban J connectivity index is 0.00000192. The highest BCUT2D eigenvalue weighted by atomic mass is 127. The van der Waals surface area contributed by atoms with Gasteiger partial charge in [-0.05, 0) is 30.3 Å². The van der Waals surface area contributed by atoms with Crippen LogP contribution in [-0.4, -0.2) is 47.2 Å². The van der Waals surface area contributed by atoms with Crippen molar-refractivity contribution in [1.82, 2.24) is 15.1 Å². The molecule has 3 N–H and O–H groups in total. The number of aromatic nitrogens is 2. The largest absolute Gasteiger partial charge is 0.370 e. The molecule has 1 fully saturated rings. The van der Waals surface area contributed by atoms with Gasteiger partial charge in [-0.1, -0.05) is 0 Å². The highest BCUT2D eigenvalue weighted by molar-refractivity contribution is 14.0. The van der Waals surface area contributed by atoms with E-state index in [9.17, 15) is 4.39 Å². The summed E-state index contributed by atoms with van der Waals surface area (Å²) in [5.74, 6) is 0.339. The van der Waals surface area contributed by atoms with Crippen LogP contribution in [0.5, 0.6) is 0 Å². The summed E-state index contributed by atoms with van der Waals surface area (Å²) in [4.78, 5) is 8.67. The molecule has 0 bridgehead atoms. The maximum Gasteiger partial charge on any atom is 0.191 e. The van der Waals surface area contributed by atoms with Crippen LogP contribution in [0.25, 0.3) is 0 Å². The zero-order valence-corrected chi connectivity index (χ0v) is 15.0. The number of rotatable bonds is 3. The maximum atomic E-state index is 13.0. The first-order chi connectivity index (χ1) is 10.7. The van der Waals surface area contributed by atoms with E-state index in [1.165, 1.54) is 12.1 Å². The van der Waals surface area contributed by atoms with E-state index in [2.05, 4.69) is 25.0 Å². The van der Waals surface area contributed by atoms with Gasteiger partial charge in [0.2, 0.25) is 0 Å². The van der Waals surface area contributed by atoms with Crippen LogP contribution in [0.15, 0.2) is 41.5 Å². The molecule has 1 aliphatic heterocycles. The summed E-state index contributed by atoms with van der Waals surface area (Å²) >= 11 is 0. The van der Waals surface area contributed by atoms with Crippen LogP contribution < -0.4 is 10.6 Å². The molecule has 0 spiro atoms. The molecular formula is C15H20FIN6. The van der Waals surface area contributed by atoms with Crippen molar-refractivity contribution in [1.29, 1.82) is 0 Å². The summed E-state index contributed by atoms with van der Waals surface area (Å²) in [7, 11) is 0. The first kappa shape index (κ1) is 17.5. The van der Waals surface area contributed by atoms with Gasteiger partial charge in [0.1, 0.15) is 5.82 Å². The summed E-state index contributed by atoms with van der Waals surface area (Å²) in [6.07, 6.45) is 1.70. The monoisotopic (exact) mass is 430 g/mol. The molecule has 0 atom stereocenters. The second-order valence-electron chi connectivity index (χ2n) is 5.21. The van der Waals surface area contributed by atoms with Gasteiger partial charge in [-0.2, -0.15) is 5.10 Å². The Bertz CT molecular complexity index is 620. The molecule has 1 aromatic carbocycles. The Morgan fingerprint density at radius 2 is 1.87 bits per heavy atom. The highest BCUT2D eigenvalue weighted by Gasteiger charge is 2.18. The molecular weight excluding hydrogens is 410 g/mol. The van der Waals surface area contributed by atoms with Crippen molar-refractivity contribution in [3.8, 4) is 0 Å². The molecule has 1 aliphatic rings. The van der Waals surface area contributed by atoms with Crippen LogP contribution >= 0.6 is 24.0 Å². The minimum absolute atomic E-state index is 0. The normalized spacial score (nSPS) is 15.4. The van der Waals surface area contributed by atoms with Crippen molar-refractivity contribution >= 4 is 35.6 Å². The highest BCUT2D eigenvalue weighted by Crippen LogP contribution is 2.16. The lowest BCUT2D eigenvalue weighted by Gasteiger charge is -2.36. The third-order valence-electron chi connectivity index (χ3n) is 3.77. The summed E-state index contributed by atoms with van der Waals surface area (Å²) in [5, 5.41) is 6.74. The number of aromatic amines is 1. The number of halogens is 2. The number of guanidine groups is 1. The molecule has 8 heteroatoms. The van der Waals surface area contributed by atoms with E-state index in [1.807, 2.05) is 6.07 Å². The summed E-state index contributed by atoms with van der Waals surface area (Å²) in [6.45, 7) is 3.78. The fourth-order valence-electron chi connectivity index (χ4n) is 2.48. The van der Waals surface area contributed by atoms with Gasteiger partial charge in [0, 0.05) is 38.1 Å². The Hall–Kier alpha value is -1.84. The number of anilines is 1. The quantitative estimate of drug-likeness (QED) is 0.443. The molecule has 2 aromatic rings. The number of nitrogens with two attached hydrogens (primary N) is 1. The summed E-state index contributed by atoms with van der Waals surface area (Å²) in [6, 6.07) is 8.47. The van der Waals surface area contributed by atoms with Crippen LogP contribution in [0.4, 0.5) is 10.1 Å². The minimum Gasteiger partial charge on any atom is -0.370 e. The predicted molar refractivity (Wildman–Crippen MR) is 99.5 cm³/mol. The minimum atomic E-state index is -0.211. The van der Waals surface area contributed by atoms with Gasteiger partial charge in [-0.25, -0.2) is 9.38 Å². The molecule has 23 heavy (non-hydrogen) atoms. The number of benzene rings is 1. The predicted octanol–water partition coefficient (Wildman–Crippen LogP) is 1.80. The Morgan fingerprint density at radius 3 is 2.48 bits per heavy atom. The number of nitrogens with one attached hydrogen (secondary N) is 1. The van der Waals surface area contributed by atoms with Gasteiger partial charge in [-0.15, -0.1) is 24.0 Å². The van der Waals surface area contributed by atoms with Gasteiger partial charge in [0.25, 0.3) is 0 Å². The Kier molecular flexibility index (Phi) is 6.20. The molecule has 6 nitrogen and oxygen atoms in total. The second-order valence-corrected chi connectivity index (χ2v) is 5.21. The number of aliphatic imine (C=N–C) groups is 1. The number of piperazine rings is 1. The van der Waals surface area contributed by atoms with Crippen molar-refractivity contribution in [3.63, 3.8) is 0 Å². The van der Waals surface area contributed by atoms with Gasteiger partial charge < -0.3 is 15.5 Å². The fraction of sp³-hybridized carbons (Fsp3) is 0.333. The maximum absolute atomic E-state index is 13.0. The van der Waals surface area contributed by atoms with Crippen LogP contribution in [0.3, 0.4) is 0 Å². The number of H-pyrrole nitrogens is 1. The van der Waals surface area contributed by atoms with E-state index in [0.717, 1.165) is 37.6 Å². The number of hydrogen-bond donors (Lipinski definition) is 2. The smallest absolute Gasteiger partial charge is 0.191 e. The van der Waals surface area contributed by atoms with Crippen molar-refractivity contribution in [3.05, 3.63) is 48.0 Å². The molecule has 0 unspecified atom stereocenters. The standard InChI is InChI=1S/C15H19FN6.HI/c16-12-1-3-14(4-2-12)21-7-9-22(10-8-21)15(17)18-11-13-5-6-19-20-13;/h1-6H,7-11H2,(H2,17,18)(H,19,20);1H. The second kappa shape index (κ2) is 8.14. The molecule has 1 saturated heterocycles. The molecule has 0 saturated carbocycles. The number of nitrogens with zero attached hydrogens (tertiary/aromatic N) is 4. The van der Waals surface area contributed by atoms with Gasteiger partial charge >= 0.3 is 0 Å². The van der Waals surface area contributed by atoms with E-state index in [0.29, 0.717) is 12.5 Å². The average Bonchev–Trinajstić information content (AvgIpc) is 3.07. The lowest BCUT2D eigenvalue weighted by molar-refractivity contribution is 0.380. The SMILES string of the molecule is I.NC(=NCc1ccn[nH]1)N1CCN(c2ccc(F)cc2)CC1. The number of hydrogen-bond acceptors (Lipinski definition) is 3. The zero-order chi connectivity index (χ0) is 15.4. The average molecular weight is 430 g/mol. The zero-order valence-electron chi connectivity index (χ0n) is 12.7. The van der Waals surface area contributed by atoms with Gasteiger partial charge in [0.05, 0.1) is 12.2 Å². The van der Waals surface area contributed by atoms with E-state index in [1.54, 1.807) is 18.3 Å². The van der Waals surface area contributed by atoms with Crippen LogP contribution in [0.2, 0.25) is 0 Å². The molecule has 124 valence electrons. The Morgan fingerprint density at radius 1 is 1.17 bits per heavy atom. The van der Waals surface area contributed by atoms with Crippen LogP contribution in [0, 0.1) is 5.82 Å². The van der Waals surface area contributed by atoms with Crippen molar-refractivity contribution in [2.24, 2.45) is 10.7 Å². The summed E-state index contributed by atoms with van der Waals surface area (Å²) < 4.78 is 13.0. The first-order valence-electron chi connectivity index (χ1n) is 7.26. The van der Waals surface area contributed by atoms with Crippen molar-refractivity contribution in [2.75, 3.05) is 31.1 Å². The van der Waals surface area contributed by atoms with E-state index in [-0.39, 0.29) is 29.8 Å². The lowest BCUT2D eigenvalue weighted by Crippen LogP contribution is -2.51. The van der Waals surface area contributed by atoms with Crippen LogP contribution in [-0.2, 0) is 6.54 Å². The van der Waals surface area contributed by atoms with E-state index < -0.39 is 0 Å². The van der Waals surface area contributed by atoms with E-state index in [4.69, 9.17) is 5.73 Å². The molecule has 0 amide bonds. The third-order valence-corrected chi connectivity index (χ3v) is 3.77. The van der Waals surface area contributed by atoms with Gasteiger partial charge in [-0.3, -0.25) is 5.10 Å². The van der Waals surface area contributed by atoms with Crippen LogP contribution in [0.1, 0.15) is 5.69 Å². The van der Waals surface area contributed by atoms with Crippen molar-refractivity contribution < 1.29 is 4.39 Å². The third kappa shape index (κ3) is 4.57. The molecule has 3 rings (SSSR count). The van der Waals surface area contributed by atoms with E-state index >= 15 is 0 Å². The first-order valence-corrected chi connectivity index (χ1v) is 7.26. The molecule has 0 aliphatic carbocycles.